The predicted molar refractivity (Wildman–Crippen MR) is 169 cm³/mol. The van der Waals surface area contributed by atoms with Crippen LogP contribution in [0.1, 0.15) is 47.8 Å². The van der Waals surface area contributed by atoms with Gasteiger partial charge in [-0.3, -0.25) is 19.3 Å². The smallest absolute Gasteiger partial charge is 0.252 e. The van der Waals surface area contributed by atoms with Crippen LogP contribution in [0.3, 0.4) is 0 Å². The lowest BCUT2D eigenvalue weighted by molar-refractivity contribution is -0.135. The monoisotopic (exact) mass is 649 g/mol. The number of thiophene rings is 1. The highest BCUT2D eigenvalue weighted by molar-refractivity contribution is 7.92. The number of para-hydroxylation sites is 1. The first-order valence-electron chi connectivity index (χ1n) is 14.1. The number of pyridine rings is 1. The Bertz CT molecular complexity index is 1620. The lowest BCUT2D eigenvalue weighted by Crippen LogP contribution is -2.48. The number of hydrogen-bond acceptors (Lipinski definition) is 8. The Balaban J connectivity index is 1.24. The molecule has 2 aromatic heterocycles. The molecule has 3 heterocycles. The highest BCUT2D eigenvalue weighted by atomic mass is 35.5. The van der Waals surface area contributed by atoms with E-state index in [-0.39, 0.29) is 48.6 Å². The number of benzene rings is 1. The van der Waals surface area contributed by atoms with Crippen LogP contribution < -0.4 is 15.6 Å². The van der Waals surface area contributed by atoms with Gasteiger partial charge in [0.1, 0.15) is 6.23 Å². The molecule has 43 heavy (non-hydrogen) atoms. The molecular formula is C29H36ClN5O6S2. The number of fused-ring (bicyclic) bond motifs is 1. The first-order chi connectivity index (χ1) is 20.5. The van der Waals surface area contributed by atoms with Crippen LogP contribution in [0.4, 0.5) is 0 Å². The van der Waals surface area contributed by atoms with E-state index in [0.29, 0.717) is 41.2 Å². The van der Waals surface area contributed by atoms with Crippen LogP contribution in [-0.4, -0.2) is 85.1 Å². The molecule has 1 fully saturated rings. The Hall–Kier alpha value is -3.07. The number of rotatable bonds is 14. The van der Waals surface area contributed by atoms with Gasteiger partial charge >= 0.3 is 0 Å². The van der Waals surface area contributed by atoms with Gasteiger partial charge in [-0.1, -0.05) is 29.8 Å². The Morgan fingerprint density at radius 3 is 2.79 bits per heavy atom. The molecule has 0 bridgehead atoms. The number of likely N-dealkylation sites (tertiary alicyclic amines) is 1. The zero-order valence-electron chi connectivity index (χ0n) is 23.8. The summed E-state index contributed by atoms with van der Waals surface area (Å²) in [4.78, 5) is 45.1. The second kappa shape index (κ2) is 15.1. The van der Waals surface area contributed by atoms with Gasteiger partial charge in [-0.2, -0.15) is 0 Å². The summed E-state index contributed by atoms with van der Waals surface area (Å²) < 4.78 is 27.5. The minimum absolute atomic E-state index is 0.00134. The molecule has 0 spiro atoms. The number of aromatic nitrogens is 1. The Morgan fingerprint density at radius 1 is 1.26 bits per heavy atom. The van der Waals surface area contributed by atoms with E-state index in [0.717, 1.165) is 23.1 Å². The highest BCUT2D eigenvalue weighted by Crippen LogP contribution is 2.23. The number of halogens is 1. The minimum atomic E-state index is -3.60. The number of carbonyl (C=O) groups excluding carboxylic acids is 2. The van der Waals surface area contributed by atoms with Crippen molar-refractivity contribution in [3.63, 3.8) is 0 Å². The molecule has 3 aromatic rings. The predicted octanol–water partition coefficient (Wildman–Crippen LogP) is 2.97. The van der Waals surface area contributed by atoms with Gasteiger partial charge in [-0.15, -0.1) is 11.3 Å². The largest absolute Gasteiger partial charge is 0.379 e. The third-order valence-electron chi connectivity index (χ3n) is 7.24. The van der Waals surface area contributed by atoms with E-state index in [1.54, 1.807) is 53.1 Å². The molecule has 232 valence electrons. The number of hydrogen-bond donors (Lipinski definition) is 4. The zero-order chi connectivity index (χ0) is 31.0. The van der Waals surface area contributed by atoms with Crippen molar-refractivity contribution in [2.45, 2.75) is 44.9 Å². The first-order valence-corrected chi connectivity index (χ1v) is 16.8. The maximum atomic E-state index is 13.2. The average molecular weight is 650 g/mol. The molecule has 1 saturated heterocycles. The number of aromatic amines is 1. The van der Waals surface area contributed by atoms with Crippen LogP contribution in [0.5, 0.6) is 0 Å². The highest BCUT2D eigenvalue weighted by Gasteiger charge is 2.30. The van der Waals surface area contributed by atoms with E-state index in [9.17, 15) is 27.9 Å². The van der Waals surface area contributed by atoms with Gasteiger partial charge in [-0.05, 0) is 56.9 Å². The molecule has 4 N–H and O–H groups in total. The van der Waals surface area contributed by atoms with Crippen LogP contribution in [-0.2, 0) is 14.8 Å². The second-order valence-corrected chi connectivity index (χ2v) is 13.8. The zero-order valence-corrected chi connectivity index (χ0v) is 26.2. The molecule has 1 aliphatic rings. The van der Waals surface area contributed by atoms with Crippen molar-refractivity contribution in [2.24, 2.45) is 0 Å². The maximum Gasteiger partial charge on any atom is 0.252 e. The summed E-state index contributed by atoms with van der Waals surface area (Å²) in [5.74, 6) is -0.534. The fraction of sp³-hybridized carbons (Fsp3) is 0.414. The van der Waals surface area contributed by atoms with Crippen LogP contribution in [0.25, 0.3) is 17.0 Å². The van der Waals surface area contributed by atoms with Gasteiger partial charge in [-0.25, -0.2) is 13.1 Å². The van der Waals surface area contributed by atoms with E-state index >= 15 is 0 Å². The average Bonchev–Trinajstić information content (AvgIpc) is 3.62. The summed E-state index contributed by atoms with van der Waals surface area (Å²) in [7, 11) is -3.60. The van der Waals surface area contributed by atoms with Crippen molar-refractivity contribution >= 4 is 61.8 Å². The Labute approximate surface area is 259 Å². The fourth-order valence-electron chi connectivity index (χ4n) is 5.01. The molecule has 4 rings (SSSR count). The van der Waals surface area contributed by atoms with Crippen molar-refractivity contribution in [1.29, 1.82) is 0 Å². The van der Waals surface area contributed by atoms with Crippen molar-refractivity contribution in [3.05, 3.63) is 73.0 Å². The summed E-state index contributed by atoms with van der Waals surface area (Å²) in [5, 5.41) is 14.9. The van der Waals surface area contributed by atoms with Gasteiger partial charge in [0.15, 0.2) is 0 Å². The molecule has 2 amide bonds. The third kappa shape index (κ3) is 9.46. The summed E-state index contributed by atoms with van der Waals surface area (Å²) in [6.45, 7) is 3.00. The summed E-state index contributed by atoms with van der Waals surface area (Å²) in [6, 6.07) is 11.6. The lowest BCUT2D eigenvalue weighted by atomic mass is 10.1. The van der Waals surface area contributed by atoms with Gasteiger partial charge in [0.25, 0.3) is 5.91 Å². The van der Waals surface area contributed by atoms with Crippen LogP contribution in [0, 0.1) is 0 Å². The topological polar surface area (TPSA) is 152 Å². The van der Waals surface area contributed by atoms with Gasteiger partial charge < -0.3 is 20.3 Å². The number of nitrogens with one attached hydrogen (secondary N) is 3. The quantitative estimate of drug-likeness (QED) is 0.155. The standard InChI is InChI=1S/C29H36ClN5O6S2/c1-20(36)34(14-5-4-13-32-43(40,41)16-12-22-10-11-26(30)42-22)19-28(38)35-15-6-7-21(35)18-31-29(39)24-17-27(37)33-25-9-3-2-8-23(24)25/h2-3,8-12,16-17,20-21,32,36H,4-7,13-15,18-19H2,1H3,(H,31,39)(H,33,37)/b16-12+/t20-,21-/m1/s1. The molecule has 11 nitrogen and oxygen atoms in total. The number of unbranched alkanes of at least 4 members (excludes halogenated alkanes) is 1. The van der Waals surface area contributed by atoms with E-state index in [1.807, 2.05) is 0 Å². The van der Waals surface area contributed by atoms with Crippen LogP contribution in [0.2, 0.25) is 4.34 Å². The van der Waals surface area contributed by atoms with Crippen LogP contribution >= 0.6 is 22.9 Å². The van der Waals surface area contributed by atoms with E-state index in [4.69, 9.17) is 11.6 Å². The van der Waals surface area contributed by atoms with E-state index in [1.165, 1.54) is 23.5 Å². The number of sulfonamides is 1. The second-order valence-electron chi connectivity index (χ2n) is 10.4. The number of aliphatic hydroxyl groups excluding tert-OH is 1. The van der Waals surface area contributed by atoms with Crippen molar-refractivity contribution in [1.82, 2.24) is 24.8 Å². The van der Waals surface area contributed by atoms with Gasteiger partial charge in [0, 0.05) is 59.5 Å². The molecule has 2 atom stereocenters. The van der Waals surface area contributed by atoms with E-state index < -0.39 is 16.3 Å². The summed E-state index contributed by atoms with van der Waals surface area (Å²) >= 11 is 7.15. The van der Waals surface area contributed by atoms with Crippen molar-refractivity contribution < 1.29 is 23.1 Å². The van der Waals surface area contributed by atoms with Crippen LogP contribution in [0.15, 0.2) is 52.7 Å². The molecular weight excluding hydrogens is 614 g/mol. The number of carbonyl (C=O) groups is 2. The molecule has 0 aliphatic carbocycles. The minimum Gasteiger partial charge on any atom is -0.379 e. The number of aliphatic hydroxyl groups is 1. The number of amides is 2. The molecule has 14 heteroatoms. The van der Waals surface area contributed by atoms with E-state index in [2.05, 4.69) is 15.0 Å². The van der Waals surface area contributed by atoms with Crippen molar-refractivity contribution in [2.75, 3.05) is 32.7 Å². The van der Waals surface area contributed by atoms with Gasteiger partial charge in [0.05, 0.1) is 16.4 Å². The summed E-state index contributed by atoms with van der Waals surface area (Å²) in [6.07, 6.45) is 3.22. The van der Waals surface area contributed by atoms with Crippen molar-refractivity contribution in [3.8, 4) is 0 Å². The fourth-order valence-corrected chi connectivity index (χ4v) is 6.91. The third-order valence-corrected chi connectivity index (χ3v) is 9.54. The molecule has 0 unspecified atom stereocenters. The van der Waals surface area contributed by atoms with Gasteiger partial charge in [0.2, 0.25) is 21.5 Å². The molecule has 1 aromatic carbocycles. The Kier molecular flexibility index (Phi) is 11.5. The number of nitrogens with zero attached hydrogens (tertiary/aromatic N) is 2. The molecule has 0 saturated carbocycles. The Morgan fingerprint density at radius 2 is 2.05 bits per heavy atom. The molecule has 0 radical (unpaired) electrons. The lowest BCUT2D eigenvalue weighted by Gasteiger charge is -2.30. The normalized spacial score (nSPS) is 16.4. The molecule has 1 aliphatic heterocycles. The first kappa shape index (κ1) is 32.8. The number of H-pyrrole nitrogens is 1. The summed E-state index contributed by atoms with van der Waals surface area (Å²) in [5.41, 5.74) is 0.486. The maximum absolute atomic E-state index is 13.2. The SMILES string of the molecule is C[C@@H](O)N(CCCCNS(=O)(=O)/C=C/c1ccc(Cl)s1)CC(=O)N1CCC[C@@H]1CNC(=O)c1cc(=O)[nH]c2ccccc12.